The molecule has 0 aliphatic heterocycles. The normalized spacial score (nSPS) is 11.1. The van der Waals surface area contributed by atoms with E-state index in [9.17, 15) is 4.79 Å². The van der Waals surface area contributed by atoms with Gasteiger partial charge < -0.3 is 4.90 Å². The highest BCUT2D eigenvalue weighted by Gasteiger charge is 2.08. The molecule has 7 heteroatoms. The lowest BCUT2D eigenvalue weighted by molar-refractivity contribution is 0.0955. The van der Waals surface area contributed by atoms with Gasteiger partial charge in [-0.05, 0) is 60.1 Å². The zero-order valence-electron chi connectivity index (χ0n) is 14.1. The molecule has 1 amide bonds. The van der Waals surface area contributed by atoms with Crippen molar-refractivity contribution in [3.05, 3.63) is 53.6 Å². The van der Waals surface area contributed by atoms with E-state index in [1.54, 1.807) is 24.4 Å². The van der Waals surface area contributed by atoms with Crippen LogP contribution in [0, 0.1) is 0 Å². The van der Waals surface area contributed by atoms with E-state index in [0.29, 0.717) is 16.6 Å². The van der Waals surface area contributed by atoms with Crippen LogP contribution in [0.25, 0.3) is 11.0 Å². The molecule has 7 nitrogen and oxygen atoms in total. The number of hydrogen-bond acceptors (Lipinski definition) is 6. The molecule has 0 saturated carbocycles. The zero-order valence-corrected chi connectivity index (χ0v) is 14.1. The Morgan fingerprint density at radius 1 is 1.12 bits per heavy atom. The standard InChI is InChI=1S/C18H19N5O2/c1-3-23(4-2)15-8-5-13(6-9-15)12-19-20-18(24)14-7-10-16-17(11-14)22-25-21-16/h5-12H,3-4H2,1-2H3,(H,20,24)/b19-12+. The third-order valence-electron chi connectivity index (χ3n) is 3.92. The Morgan fingerprint density at radius 3 is 2.56 bits per heavy atom. The summed E-state index contributed by atoms with van der Waals surface area (Å²) in [5, 5.41) is 11.4. The molecule has 0 atom stereocenters. The van der Waals surface area contributed by atoms with Gasteiger partial charge in [0.1, 0.15) is 11.0 Å². The van der Waals surface area contributed by atoms with Crippen LogP contribution in [-0.4, -0.2) is 35.5 Å². The highest BCUT2D eigenvalue weighted by atomic mass is 16.6. The summed E-state index contributed by atoms with van der Waals surface area (Å²) in [7, 11) is 0. The molecule has 25 heavy (non-hydrogen) atoms. The van der Waals surface area contributed by atoms with E-state index in [1.165, 1.54) is 5.69 Å². The Kier molecular flexibility index (Phi) is 5.03. The minimum atomic E-state index is -0.319. The molecule has 0 aliphatic carbocycles. The molecule has 3 rings (SSSR count). The number of aromatic nitrogens is 2. The second-order valence-corrected chi connectivity index (χ2v) is 5.43. The van der Waals surface area contributed by atoms with Crippen molar-refractivity contribution in [2.75, 3.05) is 18.0 Å². The molecule has 1 aromatic heterocycles. The van der Waals surface area contributed by atoms with E-state index in [4.69, 9.17) is 0 Å². The molecule has 128 valence electrons. The van der Waals surface area contributed by atoms with Crippen molar-refractivity contribution in [2.24, 2.45) is 5.10 Å². The minimum Gasteiger partial charge on any atom is -0.372 e. The number of rotatable bonds is 6. The molecule has 0 saturated heterocycles. The SMILES string of the molecule is CCN(CC)c1ccc(/C=N/NC(=O)c2ccc3nonc3c2)cc1. The van der Waals surface area contributed by atoms with Crippen LogP contribution in [0.4, 0.5) is 5.69 Å². The van der Waals surface area contributed by atoms with Gasteiger partial charge in [-0.2, -0.15) is 5.10 Å². The van der Waals surface area contributed by atoms with Gasteiger partial charge in [0.05, 0.1) is 6.21 Å². The van der Waals surface area contributed by atoms with Crippen LogP contribution >= 0.6 is 0 Å². The van der Waals surface area contributed by atoms with E-state index < -0.39 is 0 Å². The van der Waals surface area contributed by atoms with Crippen LogP contribution in [0.1, 0.15) is 29.8 Å². The summed E-state index contributed by atoms with van der Waals surface area (Å²) >= 11 is 0. The Labute approximate surface area is 145 Å². The first kappa shape index (κ1) is 16.6. The van der Waals surface area contributed by atoms with E-state index in [1.807, 2.05) is 24.3 Å². The summed E-state index contributed by atoms with van der Waals surface area (Å²) in [6, 6.07) is 13.0. The minimum absolute atomic E-state index is 0.319. The van der Waals surface area contributed by atoms with E-state index in [0.717, 1.165) is 18.7 Å². The van der Waals surface area contributed by atoms with Gasteiger partial charge in [0.15, 0.2) is 0 Å². The number of nitrogens with one attached hydrogen (secondary N) is 1. The van der Waals surface area contributed by atoms with Crippen molar-refractivity contribution in [1.82, 2.24) is 15.7 Å². The number of hydrogen-bond donors (Lipinski definition) is 1. The van der Waals surface area contributed by atoms with Gasteiger partial charge in [0.25, 0.3) is 5.91 Å². The van der Waals surface area contributed by atoms with Gasteiger partial charge in [0.2, 0.25) is 0 Å². The van der Waals surface area contributed by atoms with Crippen molar-refractivity contribution < 1.29 is 9.42 Å². The van der Waals surface area contributed by atoms with Gasteiger partial charge in [0, 0.05) is 24.3 Å². The first-order valence-corrected chi connectivity index (χ1v) is 8.12. The average molecular weight is 337 g/mol. The fourth-order valence-electron chi connectivity index (χ4n) is 2.51. The Morgan fingerprint density at radius 2 is 1.84 bits per heavy atom. The van der Waals surface area contributed by atoms with E-state index in [2.05, 4.69) is 44.2 Å². The summed E-state index contributed by atoms with van der Waals surface area (Å²) in [5.74, 6) is -0.319. The molecule has 0 unspecified atom stereocenters. The molecule has 1 heterocycles. The van der Waals surface area contributed by atoms with Gasteiger partial charge in [-0.3, -0.25) is 4.79 Å². The van der Waals surface area contributed by atoms with Crippen molar-refractivity contribution in [1.29, 1.82) is 0 Å². The molecular formula is C18H19N5O2. The van der Waals surface area contributed by atoms with Gasteiger partial charge >= 0.3 is 0 Å². The first-order chi connectivity index (χ1) is 12.2. The van der Waals surface area contributed by atoms with Gasteiger partial charge in [-0.15, -0.1) is 0 Å². The zero-order chi connectivity index (χ0) is 17.6. The number of benzene rings is 2. The lowest BCUT2D eigenvalue weighted by Gasteiger charge is -2.20. The second kappa shape index (κ2) is 7.57. The monoisotopic (exact) mass is 337 g/mol. The summed E-state index contributed by atoms with van der Waals surface area (Å²) in [6.07, 6.45) is 1.61. The summed E-state index contributed by atoms with van der Waals surface area (Å²) in [6.45, 7) is 6.18. The van der Waals surface area contributed by atoms with Crippen molar-refractivity contribution in [3.8, 4) is 0 Å². The summed E-state index contributed by atoms with van der Waals surface area (Å²) < 4.78 is 4.62. The van der Waals surface area contributed by atoms with Gasteiger partial charge in [-0.25, -0.2) is 10.1 Å². The number of fused-ring (bicyclic) bond motifs is 1. The fourth-order valence-corrected chi connectivity index (χ4v) is 2.51. The maximum Gasteiger partial charge on any atom is 0.271 e. The highest BCUT2D eigenvalue weighted by molar-refractivity contribution is 5.97. The van der Waals surface area contributed by atoms with Crippen LogP contribution in [-0.2, 0) is 0 Å². The van der Waals surface area contributed by atoms with Crippen LogP contribution in [0.5, 0.6) is 0 Å². The number of carbonyl (C=O) groups is 1. The molecule has 3 aromatic rings. The average Bonchev–Trinajstić information content (AvgIpc) is 3.11. The molecule has 0 aliphatic rings. The Balaban J connectivity index is 1.63. The van der Waals surface area contributed by atoms with Gasteiger partial charge in [-0.1, -0.05) is 12.1 Å². The van der Waals surface area contributed by atoms with Crippen LogP contribution in [0.2, 0.25) is 0 Å². The quantitative estimate of drug-likeness (QED) is 0.552. The lowest BCUT2D eigenvalue weighted by Crippen LogP contribution is -2.21. The van der Waals surface area contributed by atoms with Crippen molar-refractivity contribution in [3.63, 3.8) is 0 Å². The van der Waals surface area contributed by atoms with Crippen LogP contribution in [0.15, 0.2) is 52.2 Å². The topological polar surface area (TPSA) is 83.6 Å². The highest BCUT2D eigenvalue weighted by Crippen LogP contribution is 2.14. The lowest BCUT2D eigenvalue weighted by atomic mass is 10.2. The van der Waals surface area contributed by atoms with E-state index >= 15 is 0 Å². The predicted octanol–water partition coefficient (Wildman–Crippen LogP) is 2.83. The smallest absolute Gasteiger partial charge is 0.271 e. The number of amides is 1. The molecule has 0 radical (unpaired) electrons. The molecule has 1 N–H and O–H groups in total. The molecular weight excluding hydrogens is 318 g/mol. The number of hydrazone groups is 1. The largest absolute Gasteiger partial charge is 0.372 e. The molecule has 0 spiro atoms. The van der Waals surface area contributed by atoms with Crippen LogP contribution in [0.3, 0.4) is 0 Å². The number of anilines is 1. The molecule has 0 fully saturated rings. The molecule has 0 bridgehead atoms. The Bertz CT molecular complexity index is 882. The third-order valence-corrected chi connectivity index (χ3v) is 3.92. The van der Waals surface area contributed by atoms with Crippen molar-refractivity contribution >= 4 is 28.8 Å². The van der Waals surface area contributed by atoms with E-state index in [-0.39, 0.29) is 5.91 Å². The summed E-state index contributed by atoms with van der Waals surface area (Å²) in [4.78, 5) is 14.4. The van der Waals surface area contributed by atoms with Crippen molar-refractivity contribution in [2.45, 2.75) is 13.8 Å². The van der Waals surface area contributed by atoms with Crippen LogP contribution < -0.4 is 10.3 Å². The fraction of sp³-hybridized carbons (Fsp3) is 0.222. The molecule has 2 aromatic carbocycles. The third kappa shape index (κ3) is 3.82. The summed E-state index contributed by atoms with van der Waals surface area (Å²) in [5.41, 5.74) is 6.16. The number of carbonyl (C=O) groups excluding carboxylic acids is 1. The predicted molar refractivity (Wildman–Crippen MR) is 96.9 cm³/mol. The number of nitrogens with zero attached hydrogens (tertiary/aromatic N) is 4. The first-order valence-electron chi connectivity index (χ1n) is 8.12. The second-order valence-electron chi connectivity index (χ2n) is 5.43. The Hall–Kier alpha value is -3.22. The maximum absolute atomic E-state index is 12.1. The maximum atomic E-state index is 12.1.